The Morgan fingerprint density at radius 1 is 1.13 bits per heavy atom. The highest BCUT2D eigenvalue weighted by atomic mass is 16.7. The number of piperidine rings is 1. The van der Waals surface area contributed by atoms with Crippen molar-refractivity contribution in [1.82, 2.24) is 15.2 Å². The molecule has 1 unspecified atom stereocenters. The molecule has 0 aliphatic carbocycles. The van der Waals surface area contributed by atoms with Crippen LogP contribution in [0.1, 0.15) is 65.2 Å². The molecular weight excluding hydrogens is 393 g/mol. The number of hydrogen-bond donors (Lipinski definition) is 1. The highest BCUT2D eigenvalue weighted by Crippen LogP contribution is 2.37. The highest BCUT2D eigenvalue weighted by molar-refractivity contribution is 6.62. The van der Waals surface area contributed by atoms with Gasteiger partial charge in [0.05, 0.1) is 11.2 Å². The zero-order valence-corrected chi connectivity index (χ0v) is 18.9. The van der Waals surface area contributed by atoms with Gasteiger partial charge in [-0.05, 0) is 77.6 Å². The number of oxazole rings is 1. The largest absolute Gasteiger partial charge is 0.494 e. The van der Waals surface area contributed by atoms with Crippen molar-refractivity contribution in [3.63, 3.8) is 0 Å². The third kappa shape index (κ3) is 4.01. The first-order valence-electron chi connectivity index (χ1n) is 11.5. The third-order valence-electron chi connectivity index (χ3n) is 7.45. The number of hydrogen-bond acceptors (Lipinski definition) is 6. The van der Waals surface area contributed by atoms with Gasteiger partial charge in [-0.25, -0.2) is 4.98 Å². The van der Waals surface area contributed by atoms with E-state index in [1.807, 2.05) is 18.2 Å². The molecule has 7 nitrogen and oxygen atoms in total. The molecule has 1 aromatic carbocycles. The minimum atomic E-state index is -0.395. The van der Waals surface area contributed by atoms with Gasteiger partial charge in [-0.3, -0.25) is 4.79 Å². The lowest BCUT2D eigenvalue weighted by atomic mass is 9.79. The summed E-state index contributed by atoms with van der Waals surface area (Å²) in [6.45, 7) is 11.2. The van der Waals surface area contributed by atoms with Crippen molar-refractivity contribution in [3.05, 3.63) is 24.1 Å². The third-order valence-corrected chi connectivity index (χ3v) is 7.45. The number of carbonyl (C=O) groups excluding carboxylic acids is 1. The fourth-order valence-corrected chi connectivity index (χ4v) is 4.75. The number of amides is 1. The monoisotopic (exact) mass is 425 g/mol. The Hall–Kier alpha value is -1.90. The Morgan fingerprint density at radius 2 is 1.84 bits per heavy atom. The van der Waals surface area contributed by atoms with Gasteiger partial charge in [0.1, 0.15) is 5.52 Å². The second kappa shape index (κ2) is 7.61. The fourth-order valence-electron chi connectivity index (χ4n) is 4.75. The van der Waals surface area contributed by atoms with Crippen molar-refractivity contribution >= 4 is 29.6 Å². The van der Waals surface area contributed by atoms with Crippen molar-refractivity contribution in [2.24, 2.45) is 0 Å². The molecule has 1 amide bonds. The van der Waals surface area contributed by atoms with Crippen LogP contribution in [0.25, 0.3) is 11.1 Å². The molecule has 1 aromatic heterocycles. The fraction of sp³-hybridized carbons (Fsp3) is 0.652. The van der Waals surface area contributed by atoms with Crippen LogP contribution < -0.4 is 10.8 Å². The molecule has 0 radical (unpaired) electrons. The maximum atomic E-state index is 11.4. The molecular formula is C23H32BN3O4. The predicted octanol–water partition coefficient (Wildman–Crippen LogP) is 2.58. The number of fused-ring (bicyclic) bond motifs is 1. The lowest BCUT2D eigenvalue weighted by Gasteiger charge is -2.32. The first kappa shape index (κ1) is 21.0. The molecule has 3 saturated heterocycles. The van der Waals surface area contributed by atoms with Crippen molar-refractivity contribution in [3.8, 4) is 0 Å². The van der Waals surface area contributed by atoms with Gasteiger partial charge < -0.3 is 23.9 Å². The maximum absolute atomic E-state index is 11.4. The van der Waals surface area contributed by atoms with Crippen molar-refractivity contribution in [2.45, 2.75) is 76.5 Å². The average molecular weight is 425 g/mol. The minimum absolute atomic E-state index is 0.186. The summed E-state index contributed by atoms with van der Waals surface area (Å²) >= 11 is 0. The topological polar surface area (TPSA) is 76.8 Å². The standard InChI is InChI=1S/C23H32BN3O4/c1-22(2)23(3,4)31-24(30-22)16-5-7-19-18(13-16)26-21(29-19)15-9-11-27(12-10-15)14-17-6-8-20(28)25-17/h5,7,13,15,17H,6,8-12,14H2,1-4H3,(H,25,28). The van der Waals surface area contributed by atoms with Crippen LogP contribution in [0.3, 0.4) is 0 Å². The van der Waals surface area contributed by atoms with Gasteiger partial charge in [-0.2, -0.15) is 0 Å². The molecule has 1 atom stereocenters. The molecule has 0 spiro atoms. The molecule has 3 aliphatic heterocycles. The number of nitrogens with zero attached hydrogens (tertiary/aromatic N) is 2. The average Bonchev–Trinajstić information content (AvgIpc) is 3.38. The Labute approximate surface area is 184 Å². The van der Waals surface area contributed by atoms with Crippen LogP contribution in [0.2, 0.25) is 0 Å². The zero-order valence-electron chi connectivity index (χ0n) is 18.9. The molecule has 0 saturated carbocycles. The minimum Gasteiger partial charge on any atom is -0.440 e. The maximum Gasteiger partial charge on any atom is 0.494 e. The van der Waals surface area contributed by atoms with Gasteiger partial charge in [0.25, 0.3) is 0 Å². The van der Waals surface area contributed by atoms with Crippen LogP contribution in [-0.4, -0.2) is 59.8 Å². The van der Waals surface area contributed by atoms with Gasteiger partial charge in [0.15, 0.2) is 11.5 Å². The Bertz CT molecular complexity index is 964. The lowest BCUT2D eigenvalue weighted by Crippen LogP contribution is -2.42. The van der Waals surface area contributed by atoms with Crippen LogP contribution in [0, 0.1) is 0 Å². The van der Waals surface area contributed by atoms with E-state index in [0.717, 1.165) is 61.3 Å². The van der Waals surface area contributed by atoms with Crippen molar-refractivity contribution in [2.75, 3.05) is 19.6 Å². The smallest absolute Gasteiger partial charge is 0.440 e. The van der Waals surface area contributed by atoms with Crippen molar-refractivity contribution in [1.29, 1.82) is 0 Å². The van der Waals surface area contributed by atoms with E-state index in [-0.39, 0.29) is 17.1 Å². The predicted molar refractivity (Wildman–Crippen MR) is 119 cm³/mol. The van der Waals surface area contributed by atoms with Crippen LogP contribution in [0.5, 0.6) is 0 Å². The summed E-state index contributed by atoms with van der Waals surface area (Å²) in [5.74, 6) is 1.35. The van der Waals surface area contributed by atoms with Crippen LogP contribution in [0.4, 0.5) is 0 Å². The first-order chi connectivity index (χ1) is 14.7. The number of rotatable bonds is 4. The van der Waals surface area contributed by atoms with Crippen LogP contribution >= 0.6 is 0 Å². The van der Waals surface area contributed by atoms with Gasteiger partial charge in [0, 0.05) is 24.9 Å². The van der Waals surface area contributed by atoms with E-state index in [1.165, 1.54) is 0 Å². The quantitative estimate of drug-likeness (QED) is 0.759. The number of aromatic nitrogens is 1. The number of benzene rings is 1. The molecule has 0 bridgehead atoms. The summed E-state index contributed by atoms with van der Waals surface area (Å²) < 4.78 is 18.5. The van der Waals surface area contributed by atoms with E-state index in [1.54, 1.807) is 0 Å². The Kier molecular flexibility index (Phi) is 5.15. The van der Waals surface area contributed by atoms with Gasteiger partial charge in [-0.15, -0.1) is 0 Å². The van der Waals surface area contributed by atoms with E-state index in [0.29, 0.717) is 18.4 Å². The van der Waals surface area contributed by atoms with E-state index in [4.69, 9.17) is 18.7 Å². The normalized spacial score (nSPS) is 26.6. The number of carbonyl (C=O) groups is 1. The Morgan fingerprint density at radius 3 is 2.48 bits per heavy atom. The second-order valence-corrected chi connectivity index (χ2v) is 10.2. The molecule has 1 N–H and O–H groups in total. The summed E-state index contributed by atoms with van der Waals surface area (Å²) in [6, 6.07) is 6.33. The molecule has 3 fully saturated rings. The summed E-state index contributed by atoms with van der Waals surface area (Å²) in [5, 5.41) is 3.07. The lowest BCUT2D eigenvalue weighted by molar-refractivity contribution is -0.119. The van der Waals surface area contributed by atoms with E-state index >= 15 is 0 Å². The Balaban J connectivity index is 1.24. The molecule has 2 aromatic rings. The molecule has 3 aliphatic rings. The molecule has 166 valence electrons. The van der Waals surface area contributed by atoms with E-state index in [2.05, 4.69) is 37.9 Å². The van der Waals surface area contributed by atoms with Gasteiger partial charge in [-0.1, -0.05) is 6.07 Å². The summed E-state index contributed by atoms with van der Waals surface area (Å²) in [6.07, 6.45) is 3.67. The number of likely N-dealkylation sites (tertiary alicyclic amines) is 1. The summed E-state index contributed by atoms with van der Waals surface area (Å²) in [5.41, 5.74) is 1.91. The first-order valence-corrected chi connectivity index (χ1v) is 11.5. The summed E-state index contributed by atoms with van der Waals surface area (Å²) in [4.78, 5) is 18.7. The second-order valence-electron chi connectivity index (χ2n) is 10.2. The number of nitrogens with one attached hydrogen (secondary N) is 1. The van der Waals surface area contributed by atoms with E-state index < -0.39 is 7.12 Å². The van der Waals surface area contributed by atoms with Gasteiger partial charge >= 0.3 is 7.12 Å². The highest BCUT2D eigenvalue weighted by Gasteiger charge is 2.51. The molecule has 4 heterocycles. The van der Waals surface area contributed by atoms with Crippen LogP contribution in [0.15, 0.2) is 22.6 Å². The SMILES string of the molecule is CC1(C)OB(c2ccc3oc(C4CCN(CC5CCC(=O)N5)CC4)nc3c2)OC1(C)C. The van der Waals surface area contributed by atoms with Crippen LogP contribution in [-0.2, 0) is 14.1 Å². The molecule has 8 heteroatoms. The van der Waals surface area contributed by atoms with E-state index in [9.17, 15) is 4.79 Å². The molecule has 31 heavy (non-hydrogen) atoms. The van der Waals surface area contributed by atoms with Gasteiger partial charge in [0.2, 0.25) is 5.91 Å². The molecule has 5 rings (SSSR count). The zero-order chi connectivity index (χ0) is 21.8. The summed E-state index contributed by atoms with van der Waals surface area (Å²) in [7, 11) is -0.395. The van der Waals surface area contributed by atoms with Crippen molar-refractivity contribution < 1.29 is 18.5 Å².